The molecule has 0 bridgehead atoms. The lowest BCUT2D eigenvalue weighted by atomic mass is 10.2. The Hall–Kier alpha value is -1.10. The fraction of sp³-hybridized carbons (Fsp3) is 0.800. The molecule has 0 aliphatic carbocycles. The number of rotatable bonds is 8. The topological polar surface area (TPSA) is 75.6 Å². The average Bonchev–Trinajstić information content (AvgIpc) is 2.15. The fourth-order valence-electron chi connectivity index (χ4n) is 1.08. The Kier molecular flexibility index (Phi) is 7.62. The summed E-state index contributed by atoms with van der Waals surface area (Å²) in [5, 5.41) is 11.0. The summed E-state index contributed by atoms with van der Waals surface area (Å²) in [4.78, 5) is 21.3. The van der Waals surface area contributed by atoms with Crippen molar-refractivity contribution in [3.63, 3.8) is 0 Å². The van der Waals surface area contributed by atoms with E-state index < -0.39 is 12.0 Å². The van der Waals surface area contributed by atoms with Gasteiger partial charge in [-0.3, -0.25) is 4.79 Å². The van der Waals surface area contributed by atoms with Crippen molar-refractivity contribution in [3.05, 3.63) is 0 Å². The van der Waals surface area contributed by atoms with Gasteiger partial charge in [0.25, 0.3) is 0 Å². The van der Waals surface area contributed by atoms with Crippen molar-refractivity contribution in [1.29, 1.82) is 0 Å². The van der Waals surface area contributed by atoms with Crippen LogP contribution < -0.4 is 5.32 Å². The maximum atomic E-state index is 10.7. The third-order valence-electron chi connectivity index (χ3n) is 1.85. The normalized spacial score (nSPS) is 12.1. The Labute approximate surface area is 89.8 Å². The molecule has 0 rings (SSSR count). The first-order chi connectivity index (χ1) is 7.07. The summed E-state index contributed by atoms with van der Waals surface area (Å²) < 4.78 is 5.16. The second kappa shape index (κ2) is 8.23. The van der Waals surface area contributed by atoms with Gasteiger partial charge in [0.15, 0.2) is 6.04 Å². The smallest absolute Gasteiger partial charge is 0.328 e. The lowest BCUT2D eigenvalue weighted by molar-refractivity contribution is -0.143. The molecule has 88 valence electrons. The molecule has 1 atom stereocenters. The molecule has 0 aliphatic rings. The van der Waals surface area contributed by atoms with Crippen LogP contribution in [0, 0.1) is 0 Å². The highest BCUT2D eigenvalue weighted by Gasteiger charge is 2.17. The second-order valence-electron chi connectivity index (χ2n) is 3.37. The minimum absolute atomic E-state index is 0.0264. The summed E-state index contributed by atoms with van der Waals surface area (Å²) in [6.45, 7) is 3.93. The minimum Gasteiger partial charge on any atom is -0.480 e. The number of carbonyl (C=O) groups excluding carboxylic acids is 1. The van der Waals surface area contributed by atoms with Crippen molar-refractivity contribution in [2.45, 2.75) is 39.2 Å². The van der Waals surface area contributed by atoms with Gasteiger partial charge in [0, 0.05) is 13.5 Å². The van der Waals surface area contributed by atoms with Gasteiger partial charge in [-0.25, -0.2) is 4.79 Å². The number of carboxylic acids is 1. The molecule has 0 aromatic carbocycles. The Balaban J connectivity index is 3.67. The molecule has 0 heterocycles. The zero-order chi connectivity index (χ0) is 11.7. The molecule has 5 nitrogen and oxygen atoms in total. The van der Waals surface area contributed by atoms with Gasteiger partial charge in [-0.05, 0) is 6.42 Å². The van der Waals surface area contributed by atoms with Crippen molar-refractivity contribution < 1.29 is 19.4 Å². The highest BCUT2D eigenvalue weighted by Crippen LogP contribution is 1.95. The standard InChI is InChI=1S/C10H19NO4/c1-3-4-5-6-15-7-9(10(13)14)11-8(2)12/h9H,3-7H2,1-2H3,(H,11,12)(H,13,14). The SMILES string of the molecule is CCCCCOCC(NC(C)=O)C(=O)O. The van der Waals surface area contributed by atoms with Gasteiger partial charge in [0.1, 0.15) is 0 Å². The summed E-state index contributed by atoms with van der Waals surface area (Å²) in [6.07, 6.45) is 3.08. The van der Waals surface area contributed by atoms with Crippen LogP contribution in [0.15, 0.2) is 0 Å². The summed E-state index contributed by atoms with van der Waals surface area (Å²) in [5.74, 6) is -1.43. The molecule has 1 amide bonds. The van der Waals surface area contributed by atoms with Gasteiger partial charge in [0.05, 0.1) is 6.61 Å². The van der Waals surface area contributed by atoms with E-state index in [-0.39, 0.29) is 12.5 Å². The van der Waals surface area contributed by atoms with E-state index in [1.807, 2.05) is 0 Å². The highest BCUT2D eigenvalue weighted by atomic mass is 16.5. The van der Waals surface area contributed by atoms with Gasteiger partial charge < -0.3 is 15.2 Å². The third kappa shape index (κ3) is 7.93. The minimum atomic E-state index is -1.07. The number of amides is 1. The molecule has 2 N–H and O–H groups in total. The van der Waals surface area contributed by atoms with E-state index in [0.29, 0.717) is 6.61 Å². The molecule has 5 heteroatoms. The maximum absolute atomic E-state index is 10.7. The van der Waals surface area contributed by atoms with Crippen LogP contribution in [0.3, 0.4) is 0 Å². The molecule has 0 aliphatic heterocycles. The summed E-state index contributed by atoms with van der Waals surface area (Å²) in [5.41, 5.74) is 0. The van der Waals surface area contributed by atoms with E-state index in [1.54, 1.807) is 0 Å². The van der Waals surface area contributed by atoms with Crippen molar-refractivity contribution in [1.82, 2.24) is 5.32 Å². The van der Waals surface area contributed by atoms with Crippen LogP contribution in [0.1, 0.15) is 33.1 Å². The van der Waals surface area contributed by atoms with Crippen LogP contribution in [-0.2, 0) is 14.3 Å². The van der Waals surface area contributed by atoms with Crippen LogP contribution in [0.4, 0.5) is 0 Å². The number of nitrogens with one attached hydrogen (secondary N) is 1. The van der Waals surface area contributed by atoms with Crippen LogP contribution in [-0.4, -0.2) is 36.2 Å². The first kappa shape index (κ1) is 13.9. The van der Waals surface area contributed by atoms with E-state index in [0.717, 1.165) is 19.3 Å². The maximum Gasteiger partial charge on any atom is 0.328 e. The van der Waals surface area contributed by atoms with E-state index >= 15 is 0 Å². The predicted octanol–water partition coefficient (Wildman–Crippen LogP) is 0.782. The zero-order valence-corrected chi connectivity index (χ0v) is 9.28. The highest BCUT2D eigenvalue weighted by molar-refractivity contribution is 5.82. The summed E-state index contributed by atoms with van der Waals surface area (Å²) in [7, 11) is 0. The van der Waals surface area contributed by atoms with Crippen molar-refractivity contribution in [2.24, 2.45) is 0 Å². The number of hydrogen-bond acceptors (Lipinski definition) is 3. The first-order valence-corrected chi connectivity index (χ1v) is 5.15. The molecule has 0 fully saturated rings. The number of carbonyl (C=O) groups is 2. The van der Waals surface area contributed by atoms with Gasteiger partial charge in [-0.15, -0.1) is 0 Å². The molecular weight excluding hydrogens is 198 g/mol. The number of ether oxygens (including phenoxy) is 1. The van der Waals surface area contributed by atoms with Crippen molar-refractivity contribution >= 4 is 11.9 Å². The Bertz CT molecular complexity index is 206. The Morgan fingerprint density at radius 3 is 2.53 bits per heavy atom. The number of aliphatic carboxylic acids is 1. The molecule has 15 heavy (non-hydrogen) atoms. The number of unbranched alkanes of at least 4 members (excludes halogenated alkanes) is 2. The Morgan fingerprint density at radius 1 is 1.40 bits per heavy atom. The van der Waals surface area contributed by atoms with Crippen molar-refractivity contribution in [3.8, 4) is 0 Å². The molecule has 0 aromatic heterocycles. The molecule has 0 radical (unpaired) electrons. The van der Waals surface area contributed by atoms with E-state index in [2.05, 4.69) is 12.2 Å². The summed E-state index contributed by atoms with van der Waals surface area (Å²) in [6, 6.07) is -0.941. The molecular formula is C10H19NO4. The van der Waals surface area contributed by atoms with Gasteiger partial charge in [0.2, 0.25) is 5.91 Å². The van der Waals surface area contributed by atoms with Crippen LogP contribution in [0.5, 0.6) is 0 Å². The van der Waals surface area contributed by atoms with E-state index in [9.17, 15) is 9.59 Å². The molecule has 0 aromatic rings. The molecule has 0 spiro atoms. The van der Waals surface area contributed by atoms with Gasteiger partial charge >= 0.3 is 5.97 Å². The third-order valence-corrected chi connectivity index (χ3v) is 1.85. The molecule has 0 saturated carbocycles. The van der Waals surface area contributed by atoms with E-state index in [4.69, 9.17) is 9.84 Å². The quantitative estimate of drug-likeness (QED) is 0.589. The predicted molar refractivity (Wildman–Crippen MR) is 55.6 cm³/mol. The molecule has 0 saturated heterocycles. The first-order valence-electron chi connectivity index (χ1n) is 5.15. The fourth-order valence-corrected chi connectivity index (χ4v) is 1.08. The lowest BCUT2D eigenvalue weighted by Crippen LogP contribution is -2.43. The van der Waals surface area contributed by atoms with Gasteiger partial charge in [-0.2, -0.15) is 0 Å². The van der Waals surface area contributed by atoms with Crippen LogP contribution >= 0.6 is 0 Å². The largest absolute Gasteiger partial charge is 0.480 e. The second-order valence-corrected chi connectivity index (χ2v) is 3.37. The summed E-state index contributed by atoms with van der Waals surface area (Å²) >= 11 is 0. The molecule has 1 unspecified atom stereocenters. The number of carboxylic acid groups (broad SMARTS) is 1. The average molecular weight is 217 g/mol. The lowest BCUT2D eigenvalue weighted by Gasteiger charge is -2.13. The van der Waals surface area contributed by atoms with Crippen LogP contribution in [0.25, 0.3) is 0 Å². The monoisotopic (exact) mass is 217 g/mol. The van der Waals surface area contributed by atoms with Gasteiger partial charge in [-0.1, -0.05) is 19.8 Å². The number of hydrogen-bond donors (Lipinski definition) is 2. The van der Waals surface area contributed by atoms with Crippen molar-refractivity contribution in [2.75, 3.05) is 13.2 Å². The Morgan fingerprint density at radius 2 is 2.07 bits per heavy atom. The van der Waals surface area contributed by atoms with E-state index in [1.165, 1.54) is 6.92 Å². The van der Waals surface area contributed by atoms with Crippen LogP contribution in [0.2, 0.25) is 0 Å². The zero-order valence-electron chi connectivity index (χ0n) is 9.28.